The smallest absolute Gasteiger partial charge is 0.346 e. The number of benzene rings is 1. The van der Waals surface area contributed by atoms with Crippen molar-refractivity contribution in [3.05, 3.63) is 34.7 Å². The molecule has 1 aromatic heterocycles. The summed E-state index contributed by atoms with van der Waals surface area (Å²) in [6, 6.07) is 6.39. The third-order valence-corrected chi connectivity index (χ3v) is 1.73. The maximum atomic E-state index is 10.9. The van der Waals surface area contributed by atoms with Crippen molar-refractivity contribution in [3.63, 3.8) is 0 Å². The number of H-pyrrole nitrogens is 1. The summed E-state index contributed by atoms with van der Waals surface area (Å²) in [7, 11) is 0. The summed E-state index contributed by atoms with van der Waals surface area (Å²) in [4.78, 5) is 11.5. The number of fused-ring (bicyclic) bond motifs is 1. The molecular formula is C9H13N3O3+2. The van der Waals surface area contributed by atoms with Crippen LogP contribution < -0.4 is 15.3 Å². The fourth-order valence-electron chi connectivity index (χ4n) is 1.13. The van der Waals surface area contributed by atoms with Crippen LogP contribution in [0, 0.1) is 0 Å². The van der Waals surface area contributed by atoms with Crippen LogP contribution in [-0.2, 0) is 0 Å². The van der Waals surface area contributed by atoms with E-state index in [4.69, 9.17) is 0 Å². The minimum Gasteiger partial charge on any atom is -0.346 e. The molecule has 0 saturated carbocycles. The van der Waals surface area contributed by atoms with E-state index in [0.717, 1.165) is 0 Å². The predicted octanol–water partition coefficient (Wildman–Crippen LogP) is -0.396. The van der Waals surface area contributed by atoms with Gasteiger partial charge < -0.3 is 5.21 Å². The standard InChI is InChI=1S/C7H6N3O3.C2H6/c11-7-8-10(13)6-4-2-1-3-5(6)9(7)12;1-2/h1-4,12H,(H,8,11,13);1-2H3/q+1;/p+1. The number of aromatic amines is 1. The van der Waals surface area contributed by atoms with E-state index >= 15 is 0 Å². The average Bonchev–Trinajstić information content (AvgIpc) is 2.29. The number of hydrogen-bond acceptors (Lipinski definition) is 3. The lowest BCUT2D eigenvalue weighted by atomic mass is 10.3. The highest BCUT2D eigenvalue weighted by Crippen LogP contribution is 1.99. The Balaban J connectivity index is 0.000000531. The highest BCUT2D eigenvalue weighted by molar-refractivity contribution is 5.66. The SMILES string of the molecule is CC.O=c1[nH][n+](O)c2ccccc2[n+]1O. The van der Waals surface area contributed by atoms with E-state index in [1.807, 2.05) is 18.9 Å². The third-order valence-electron chi connectivity index (χ3n) is 1.73. The van der Waals surface area contributed by atoms with E-state index in [9.17, 15) is 15.2 Å². The molecule has 6 heteroatoms. The van der Waals surface area contributed by atoms with Crippen molar-refractivity contribution in [1.82, 2.24) is 5.10 Å². The van der Waals surface area contributed by atoms with E-state index in [1.54, 1.807) is 18.2 Å². The number of nitrogens with zero attached hydrogens (tertiary/aromatic N) is 2. The molecule has 1 aromatic carbocycles. The Hall–Kier alpha value is -2.11. The topological polar surface area (TPSA) is 81.1 Å². The lowest BCUT2D eigenvalue weighted by molar-refractivity contribution is -0.962. The maximum Gasteiger partial charge on any atom is 0.594 e. The quantitative estimate of drug-likeness (QED) is 0.410. The van der Waals surface area contributed by atoms with Gasteiger partial charge in [0.1, 0.15) is 0 Å². The number of rotatable bonds is 0. The van der Waals surface area contributed by atoms with E-state index in [-0.39, 0.29) is 5.52 Å². The number of para-hydroxylation sites is 2. The van der Waals surface area contributed by atoms with E-state index in [2.05, 4.69) is 0 Å². The molecule has 0 atom stereocenters. The van der Waals surface area contributed by atoms with Gasteiger partial charge in [0.05, 0.1) is 5.10 Å². The molecule has 2 aromatic rings. The van der Waals surface area contributed by atoms with Gasteiger partial charge in [-0.1, -0.05) is 26.0 Å². The first kappa shape index (κ1) is 11.0. The van der Waals surface area contributed by atoms with Crippen LogP contribution in [0.25, 0.3) is 11.0 Å². The van der Waals surface area contributed by atoms with Crippen molar-refractivity contribution in [1.29, 1.82) is 0 Å². The Kier molecular flexibility index (Phi) is 3.22. The van der Waals surface area contributed by atoms with Gasteiger partial charge in [-0.2, -0.15) is 4.79 Å². The zero-order chi connectivity index (χ0) is 11.4. The third kappa shape index (κ3) is 1.88. The molecule has 0 bridgehead atoms. The number of aromatic nitrogens is 3. The summed E-state index contributed by atoms with van der Waals surface area (Å²) >= 11 is 0. The van der Waals surface area contributed by atoms with Crippen molar-refractivity contribution in [2.24, 2.45) is 0 Å². The van der Waals surface area contributed by atoms with E-state index in [1.165, 1.54) is 6.07 Å². The van der Waals surface area contributed by atoms with Crippen LogP contribution in [0.3, 0.4) is 0 Å². The summed E-state index contributed by atoms with van der Waals surface area (Å²) in [5, 5.41) is 20.5. The molecule has 6 nitrogen and oxygen atoms in total. The summed E-state index contributed by atoms with van der Waals surface area (Å²) in [5.41, 5.74) is -0.264. The van der Waals surface area contributed by atoms with Crippen LogP contribution >= 0.6 is 0 Å². The lowest BCUT2D eigenvalue weighted by Crippen LogP contribution is -2.57. The van der Waals surface area contributed by atoms with Gasteiger partial charge in [-0.15, -0.1) is 0 Å². The van der Waals surface area contributed by atoms with Gasteiger partial charge in [-0.3, -0.25) is 0 Å². The van der Waals surface area contributed by atoms with Gasteiger partial charge in [0.2, 0.25) is 0 Å². The maximum absolute atomic E-state index is 10.9. The van der Waals surface area contributed by atoms with Crippen LogP contribution in [0.2, 0.25) is 0 Å². The predicted molar refractivity (Wildman–Crippen MR) is 50.7 cm³/mol. The van der Waals surface area contributed by atoms with Crippen LogP contribution in [0.15, 0.2) is 29.1 Å². The molecule has 1 heterocycles. The highest BCUT2D eigenvalue weighted by atomic mass is 16.5. The molecule has 0 fully saturated rings. The van der Waals surface area contributed by atoms with E-state index in [0.29, 0.717) is 15.1 Å². The molecule has 0 saturated heterocycles. The fourth-order valence-corrected chi connectivity index (χ4v) is 1.13. The average molecular weight is 211 g/mol. The summed E-state index contributed by atoms with van der Waals surface area (Å²) in [6.07, 6.45) is 0. The Morgan fingerprint density at radius 3 is 2.27 bits per heavy atom. The molecule has 0 spiro atoms. The molecule has 3 N–H and O–H groups in total. The zero-order valence-electron chi connectivity index (χ0n) is 8.51. The second-order valence-electron chi connectivity index (χ2n) is 2.53. The molecule has 0 aliphatic rings. The monoisotopic (exact) mass is 211 g/mol. The Labute approximate surface area is 85.6 Å². The van der Waals surface area contributed by atoms with Crippen molar-refractivity contribution in [2.75, 3.05) is 0 Å². The van der Waals surface area contributed by atoms with Gasteiger partial charge >= 0.3 is 11.2 Å². The molecule has 0 unspecified atom stereocenters. The van der Waals surface area contributed by atoms with Gasteiger partial charge in [0.15, 0.2) is 4.85 Å². The van der Waals surface area contributed by atoms with E-state index < -0.39 is 5.69 Å². The Bertz CT molecular complexity index is 521. The molecule has 0 aliphatic heterocycles. The normalized spacial score (nSPS) is 9.47. The molecule has 2 rings (SSSR count). The van der Waals surface area contributed by atoms with Crippen molar-refractivity contribution in [2.45, 2.75) is 13.8 Å². The summed E-state index contributed by atoms with van der Waals surface area (Å²) in [5.74, 6) is 0. The fraction of sp³-hybridized carbons (Fsp3) is 0.222. The molecule has 0 amide bonds. The number of hydrogen-bond donors (Lipinski definition) is 3. The van der Waals surface area contributed by atoms with Crippen LogP contribution in [-0.4, -0.2) is 15.5 Å². The minimum atomic E-state index is -0.804. The minimum absolute atomic E-state index is 0.230. The molecular weight excluding hydrogens is 198 g/mol. The van der Waals surface area contributed by atoms with Crippen molar-refractivity contribution in [3.8, 4) is 0 Å². The van der Waals surface area contributed by atoms with Crippen LogP contribution in [0.1, 0.15) is 13.8 Å². The van der Waals surface area contributed by atoms with Crippen LogP contribution in [0.4, 0.5) is 0 Å². The molecule has 15 heavy (non-hydrogen) atoms. The van der Waals surface area contributed by atoms with Crippen molar-refractivity contribution >= 4 is 11.0 Å². The second kappa shape index (κ2) is 4.41. The van der Waals surface area contributed by atoms with Gasteiger partial charge in [-0.05, 0) is 6.07 Å². The van der Waals surface area contributed by atoms with Crippen molar-refractivity contribution < 1.29 is 20.0 Å². The first-order chi connectivity index (χ1) is 7.20. The van der Waals surface area contributed by atoms with Gasteiger partial charge in [0.25, 0.3) is 5.52 Å². The first-order valence-corrected chi connectivity index (χ1v) is 4.58. The molecule has 80 valence electrons. The summed E-state index contributed by atoms with van der Waals surface area (Å²) in [6.45, 7) is 4.00. The highest BCUT2D eigenvalue weighted by Gasteiger charge is 2.21. The zero-order valence-corrected chi connectivity index (χ0v) is 8.51. The summed E-state index contributed by atoms with van der Waals surface area (Å²) < 4.78 is 0.433. The molecule has 0 aliphatic carbocycles. The largest absolute Gasteiger partial charge is 0.594 e. The van der Waals surface area contributed by atoms with Crippen LogP contribution in [0.5, 0.6) is 0 Å². The lowest BCUT2D eigenvalue weighted by Gasteiger charge is -1.88. The first-order valence-electron chi connectivity index (χ1n) is 4.58. The second-order valence-corrected chi connectivity index (χ2v) is 2.53. The molecule has 0 radical (unpaired) electrons. The number of nitrogens with one attached hydrogen (secondary N) is 1. The Morgan fingerprint density at radius 2 is 1.67 bits per heavy atom. The van der Waals surface area contributed by atoms with Gasteiger partial charge in [-0.25, -0.2) is 5.21 Å². The van der Waals surface area contributed by atoms with Gasteiger partial charge in [0, 0.05) is 10.8 Å². The Morgan fingerprint density at radius 1 is 1.13 bits per heavy atom.